The van der Waals surface area contributed by atoms with E-state index in [2.05, 4.69) is 4.99 Å². The highest BCUT2D eigenvalue weighted by atomic mass is 35.5. The lowest BCUT2D eigenvalue weighted by Crippen LogP contribution is -2.29. The fraction of sp³-hybridized carbons (Fsp3) is 0.0357. The van der Waals surface area contributed by atoms with E-state index < -0.39 is 11.8 Å². The predicted molar refractivity (Wildman–Crippen MR) is 139 cm³/mol. The summed E-state index contributed by atoms with van der Waals surface area (Å²) in [4.78, 5) is 31.0. The lowest BCUT2D eigenvalue weighted by molar-refractivity contribution is 0.0926. The maximum absolute atomic E-state index is 12.7. The Labute approximate surface area is 211 Å². The number of halogens is 2. The highest BCUT2D eigenvalue weighted by Gasteiger charge is 2.36. The van der Waals surface area contributed by atoms with Crippen molar-refractivity contribution in [2.45, 2.75) is 6.42 Å². The number of benzene rings is 4. The molecule has 4 aromatic rings. The number of aromatic hydroxyl groups is 1. The van der Waals surface area contributed by atoms with Crippen LogP contribution in [0.15, 0.2) is 89.9 Å². The maximum Gasteiger partial charge on any atom is 0.266 e. The molecule has 0 aliphatic carbocycles. The minimum atomic E-state index is -0.391. The van der Waals surface area contributed by atoms with Crippen LogP contribution >= 0.6 is 23.2 Å². The van der Waals surface area contributed by atoms with Crippen LogP contribution < -0.4 is 4.90 Å². The number of rotatable bonds is 5. The molecule has 1 heterocycles. The Morgan fingerprint density at radius 2 is 1.49 bits per heavy atom. The van der Waals surface area contributed by atoms with E-state index in [1.807, 2.05) is 36.4 Å². The summed E-state index contributed by atoms with van der Waals surface area (Å²) < 4.78 is 0. The summed E-state index contributed by atoms with van der Waals surface area (Å²) in [5, 5.41) is 11.2. The number of fused-ring (bicyclic) bond motifs is 1. The van der Waals surface area contributed by atoms with Crippen molar-refractivity contribution in [3.63, 3.8) is 0 Å². The van der Waals surface area contributed by atoms with Crippen LogP contribution in [0.25, 0.3) is 0 Å². The van der Waals surface area contributed by atoms with Crippen LogP contribution in [-0.4, -0.2) is 23.1 Å². The molecule has 0 radical (unpaired) electrons. The zero-order chi connectivity index (χ0) is 24.5. The fourth-order valence-corrected chi connectivity index (χ4v) is 4.41. The fourth-order valence-electron chi connectivity index (χ4n) is 3.98. The molecule has 0 saturated heterocycles. The van der Waals surface area contributed by atoms with Gasteiger partial charge >= 0.3 is 0 Å². The summed E-state index contributed by atoms with van der Waals surface area (Å²) in [5.41, 5.74) is 3.99. The lowest BCUT2D eigenvalue weighted by atomic mass is 10.0. The first-order chi connectivity index (χ1) is 16.9. The van der Waals surface area contributed by atoms with Crippen LogP contribution in [0.1, 0.15) is 37.4 Å². The van der Waals surface area contributed by atoms with E-state index in [0.717, 1.165) is 16.0 Å². The smallest absolute Gasteiger partial charge is 0.266 e. The van der Waals surface area contributed by atoms with E-state index in [9.17, 15) is 14.7 Å². The van der Waals surface area contributed by atoms with E-state index in [0.29, 0.717) is 39.5 Å². The molecule has 172 valence electrons. The number of nitrogens with zero attached hydrogens (tertiary/aromatic N) is 2. The summed E-state index contributed by atoms with van der Waals surface area (Å²) in [5.74, 6) is -0.702. The van der Waals surface area contributed by atoms with Gasteiger partial charge in [0.1, 0.15) is 5.75 Å². The first-order valence-corrected chi connectivity index (χ1v) is 11.5. The summed E-state index contributed by atoms with van der Waals surface area (Å²) in [6.45, 7) is 0. The van der Waals surface area contributed by atoms with Crippen molar-refractivity contribution in [1.29, 1.82) is 0 Å². The number of carbonyl (C=O) groups is 2. The van der Waals surface area contributed by atoms with E-state index >= 15 is 0 Å². The van der Waals surface area contributed by atoms with Crippen LogP contribution in [0, 0.1) is 0 Å². The van der Waals surface area contributed by atoms with Crippen molar-refractivity contribution in [3.05, 3.63) is 123 Å². The molecule has 5 nitrogen and oxygen atoms in total. The third-order valence-corrected chi connectivity index (χ3v) is 6.44. The van der Waals surface area contributed by atoms with Crippen molar-refractivity contribution < 1.29 is 14.7 Å². The largest absolute Gasteiger partial charge is 0.507 e. The van der Waals surface area contributed by atoms with E-state index in [-0.39, 0.29) is 10.8 Å². The number of phenolic OH excluding ortho intramolecular Hbond substituents is 1. The minimum absolute atomic E-state index is 0.0791. The average Bonchev–Trinajstić information content (AvgIpc) is 3.11. The number of amides is 2. The van der Waals surface area contributed by atoms with Crippen molar-refractivity contribution in [2.75, 3.05) is 4.90 Å². The Bertz CT molecular complexity index is 1480. The van der Waals surface area contributed by atoms with Gasteiger partial charge in [-0.3, -0.25) is 14.6 Å². The quantitative estimate of drug-likeness (QED) is 0.241. The van der Waals surface area contributed by atoms with Crippen molar-refractivity contribution in [3.8, 4) is 5.75 Å². The summed E-state index contributed by atoms with van der Waals surface area (Å²) in [6.07, 6.45) is 2.13. The van der Waals surface area contributed by atoms with Gasteiger partial charge in [-0.25, -0.2) is 4.90 Å². The zero-order valence-electron chi connectivity index (χ0n) is 18.3. The van der Waals surface area contributed by atoms with Gasteiger partial charge in [0, 0.05) is 16.8 Å². The maximum atomic E-state index is 12.7. The van der Waals surface area contributed by atoms with E-state index in [1.54, 1.807) is 42.5 Å². The molecule has 35 heavy (non-hydrogen) atoms. The first kappa shape index (κ1) is 22.8. The molecule has 1 aliphatic rings. The Kier molecular flexibility index (Phi) is 6.12. The van der Waals surface area contributed by atoms with Gasteiger partial charge in [-0.2, -0.15) is 0 Å². The second-order valence-electron chi connectivity index (χ2n) is 8.05. The molecule has 1 aliphatic heterocycles. The number of hydrogen-bond donors (Lipinski definition) is 1. The topological polar surface area (TPSA) is 70.0 Å². The molecule has 4 aromatic carbocycles. The third-order valence-electron chi connectivity index (χ3n) is 5.77. The number of aliphatic imine (C=N–C) groups is 1. The average molecular weight is 501 g/mol. The van der Waals surface area contributed by atoms with Gasteiger partial charge in [0.05, 0.1) is 27.5 Å². The highest BCUT2D eigenvalue weighted by molar-refractivity contribution is 6.36. The Balaban J connectivity index is 1.38. The van der Waals surface area contributed by atoms with Crippen LogP contribution in [0.4, 0.5) is 11.4 Å². The molecule has 2 amide bonds. The van der Waals surface area contributed by atoms with E-state index in [1.165, 1.54) is 12.3 Å². The van der Waals surface area contributed by atoms with Crippen molar-refractivity contribution in [2.24, 2.45) is 4.99 Å². The van der Waals surface area contributed by atoms with Crippen LogP contribution in [0.5, 0.6) is 5.75 Å². The molecular weight excluding hydrogens is 483 g/mol. The normalized spacial score (nSPS) is 13.0. The molecule has 0 unspecified atom stereocenters. The molecule has 5 rings (SSSR count). The van der Waals surface area contributed by atoms with Gasteiger partial charge in [0.15, 0.2) is 0 Å². The zero-order valence-corrected chi connectivity index (χ0v) is 19.8. The van der Waals surface area contributed by atoms with Crippen molar-refractivity contribution in [1.82, 2.24) is 0 Å². The van der Waals surface area contributed by atoms with Gasteiger partial charge in [-0.05, 0) is 66.1 Å². The Hall–Kier alpha value is -3.93. The molecule has 0 atom stereocenters. The van der Waals surface area contributed by atoms with Crippen molar-refractivity contribution >= 4 is 52.6 Å². The molecule has 0 aromatic heterocycles. The summed E-state index contributed by atoms with van der Waals surface area (Å²) in [7, 11) is 0. The molecule has 0 spiro atoms. The predicted octanol–water partition coefficient (Wildman–Crippen LogP) is 6.84. The molecule has 0 bridgehead atoms. The van der Waals surface area contributed by atoms with Gasteiger partial charge in [-0.15, -0.1) is 0 Å². The van der Waals surface area contributed by atoms with Crippen LogP contribution in [-0.2, 0) is 6.42 Å². The number of carbonyl (C=O) groups excluding carboxylic acids is 2. The van der Waals surface area contributed by atoms with Gasteiger partial charge in [-0.1, -0.05) is 59.6 Å². The number of phenols is 1. The van der Waals surface area contributed by atoms with Gasteiger partial charge < -0.3 is 5.11 Å². The number of hydrogen-bond acceptors (Lipinski definition) is 4. The standard InChI is InChI=1S/C28H18Cl2N2O3/c29-23-8-4-1-5-18(23)13-17-9-12-26(33)19(14-17)16-31-25-11-10-20(15-24(25)30)32-27(34)21-6-2-3-7-22(21)28(32)35/h1-12,14-16,33H,13H2. The SMILES string of the molecule is O=C1c2ccccc2C(=O)N1c1ccc(N=Cc2cc(Cc3ccccc3Cl)ccc2O)c(Cl)c1. The Morgan fingerprint density at radius 3 is 2.17 bits per heavy atom. The third kappa shape index (κ3) is 4.44. The van der Waals surface area contributed by atoms with Crippen LogP contribution in [0.3, 0.4) is 0 Å². The monoisotopic (exact) mass is 500 g/mol. The van der Waals surface area contributed by atoms with Crippen LogP contribution in [0.2, 0.25) is 10.0 Å². The second-order valence-corrected chi connectivity index (χ2v) is 8.86. The second kappa shape index (κ2) is 9.37. The first-order valence-electron chi connectivity index (χ1n) is 10.8. The van der Waals surface area contributed by atoms with E-state index in [4.69, 9.17) is 23.2 Å². The number of imide groups is 1. The summed E-state index contributed by atoms with van der Waals surface area (Å²) >= 11 is 12.7. The lowest BCUT2D eigenvalue weighted by Gasteiger charge is -2.14. The molecule has 0 fully saturated rings. The number of anilines is 1. The minimum Gasteiger partial charge on any atom is -0.507 e. The molecule has 1 N–H and O–H groups in total. The Morgan fingerprint density at radius 1 is 0.800 bits per heavy atom. The van der Waals surface area contributed by atoms with Gasteiger partial charge in [0.25, 0.3) is 11.8 Å². The van der Waals surface area contributed by atoms with Gasteiger partial charge in [0.2, 0.25) is 0 Å². The molecular formula is C28H18Cl2N2O3. The summed E-state index contributed by atoms with van der Waals surface area (Å²) in [6, 6.07) is 24.4. The molecule has 0 saturated carbocycles. The highest BCUT2D eigenvalue weighted by Crippen LogP contribution is 2.34. The molecule has 7 heteroatoms.